The summed E-state index contributed by atoms with van der Waals surface area (Å²) >= 11 is 0. The molecule has 4 nitrogen and oxygen atoms in total. The summed E-state index contributed by atoms with van der Waals surface area (Å²) in [5.41, 5.74) is -0.375. The third-order valence-electron chi connectivity index (χ3n) is 5.18. The molecule has 0 bridgehead atoms. The highest BCUT2D eigenvalue weighted by Gasteiger charge is 2.40. The highest BCUT2D eigenvalue weighted by atomic mass is 19.4. The van der Waals surface area contributed by atoms with Gasteiger partial charge in [-0.1, -0.05) is 50.2 Å². The van der Waals surface area contributed by atoms with Gasteiger partial charge in [0.25, 0.3) is 5.76 Å². The number of fused-ring (bicyclic) bond motifs is 1. The Bertz CT molecular complexity index is 1390. The van der Waals surface area contributed by atoms with Crippen molar-refractivity contribution < 1.29 is 31.5 Å². The van der Waals surface area contributed by atoms with Crippen LogP contribution in [0, 0.1) is 5.82 Å². The van der Waals surface area contributed by atoms with Gasteiger partial charge in [-0.15, -0.1) is 0 Å². The Morgan fingerprint density at radius 2 is 1.68 bits per heavy atom. The summed E-state index contributed by atoms with van der Waals surface area (Å²) in [6, 6.07) is 16.4. The predicted molar refractivity (Wildman–Crippen MR) is 119 cm³/mol. The van der Waals surface area contributed by atoms with Gasteiger partial charge in [0, 0.05) is 11.6 Å². The first kappa shape index (κ1) is 23.4. The summed E-state index contributed by atoms with van der Waals surface area (Å²) in [6.07, 6.45) is -4.99. The van der Waals surface area contributed by atoms with Crippen molar-refractivity contribution in [3.8, 4) is 17.2 Å². The first-order valence-electron chi connectivity index (χ1n) is 10.5. The van der Waals surface area contributed by atoms with E-state index in [1.165, 1.54) is 42.5 Å². The van der Waals surface area contributed by atoms with Crippen LogP contribution in [0.1, 0.15) is 36.7 Å². The van der Waals surface area contributed by atoms with E-state index >= 15 is 0 Å². The zero-order valence-electron chi connectivity index (χ0n) is 18.3. The van der Waals surface area contributed by atoms with Crippen LogP contribution in [-0.4, -0.2) is 0 Å². The van der Waals surface area contributed by atoms with Crippen LogP contribution in [-0.2, 0) is 12.8 Å². The average Bonchev–Trinajstić information content (AvgIpc) is 2.79. The molecule has 34 heavy (non-hydrogen) atoms. The monoisotopic (exact) mass is 472 g/mol. The van der Waals surface area contributed by atoms with E-state index in [1.54, 1.807) is 24.3 Å². The molecule has 0 N–H and O–H groups in total. The van der Waals surface area contributed by atoms with Crippen LogP contribution in [0.5, 0.6) is 17.2 Å². The second-order valence-corrected chi connectivity index (χ2v) is 7.92. The Morgan fingerprint density at radius 1 is 0.971 bits per heavy atom. The topological polar surface area (TPSA) is 48.7 Å². The molecule has 0 saturated heterocycles. The van der Waals surface area contributed by atoms with Gasteiger partial charge in [-0.3, -0.25) is 4.79 Å². The number of alkyl halides is 3. The van der Waals surface area contributed by atoms with Crippen LogP contribution in [0.4, 0.5) is 17.6 Å². The SMILES string of the molecule is CC(C)c1ccccc1Oc1c(C(F)(F)F)oc2cc(OCc3ccccc3F)ccc2c1=O. The summed E-state index contributed by atoms with van der Waals surface area (Å²) < 4.78 is 71.5. The van der Waals surface area contributed by atoms with E-state index in [1.807, 2.05) is 13.8 Å². The van der Waals surface area contributed by atoms with E-state index in [2.05, 4.69) is 0 Å². The lowest BCUT2D eigenvalue weighted by molar-refractivity contribution is -0.154. The standard InChI is InChI=1S/C26H20F4O4/c1-15(2)18-8-4-6-10-21(18)33-24-23(31)19-12-11-17(13-22(19)34-25(24)26(28,29)30)32-14-16-7-3-5-9-20(16)27/h3-13,15H,14H2,1-2H3. The van der Waals surface area contributed by atoms with Gasteiger partial charge in [-0.25, -0.2) is 4.39 Å². The molecule has 0 spiro atoms. The lowest BCUT2D eigenvalue weighted by Crippen LogP contribution is -2.16. The average molecular weight is 472 g/mol. The van der Waals surface area contributed by atoms with Crippen molar-refractivity contribution in [2.45, 2.75) is 32.5 Å². The number of halogens is 4. The highest BCUT2D eigenvalue weighted by molar-refractivity contribution is 5.79. The summed E-state index contributed by atoms with van der Waals surface area (Å²) in [5, 5.41) is -0.108. The van der Waals surface area contributed by atoms with Crippen molar-refractivity contribution in [1.29, 1.82) is 0 Å². The Morgan fingerprint density at radius 3 is 2.38 bits per heavy atom. The highest BCUT2D eigenvalue weighted by Crippen LogP contribution is 2.40. The maximum atomic E-state index is 13.8. The van der Waals surface area contributed by atoms with Crippen molar-refractivity contribution in [3.05, 3.63) is 99.7 Å². The molecule has 0 unspecified atom stereocenters. The molecule has 0 fully saturated rings. The molecule has 3 aromatic carbocycles. The number of hydrogen-bond donors (Lipinski definition) is 0. The van der Waals surface area contributed by atoms with Crippen LogP contribution < -0.4 is 14.9 Å². The van der Waals surface area contributed by atoms with Crippen molar-refractivity contribution >= 4 is 11.0 Å². The van der Waals surface area contributed by atoms with E-state index in [9.17, 15) is 22.4 Å². The Balaban J connectivity index is 1.76. The number of para-hydroxylation sites is 1. The summed E-state index contributed by atoms with van der Waals surface area (Å²) in [5.74, 6) is -2.75. The molecule has 4 rings (SSSR count). The molecular formula is C26H20F4O4. The fourth-order valence-electron chi connectivity index (χ4n) is 3.46. The van der Waals surface area contributed by atoms with Gasteiger partial charge in [-0.05, 0) is 35.7 Å². The molecule has 0 aliphatic carbocycles. The molecule has 8 heteroatoms. The van der Waals surface area contributed by atoms with E-state index in [-0.39, 0.29) is 40.6 Å². The molecule has 0 radical (unpaired) electrons. The van der Waals surface area contributed by atoms with E-state index < -0.39 is 28.9 Å². The number of ether oxygens (including phenoxy) is 2. The molecule has 0 aliphatic heterocycles. The molecule has 0 aliphatic rings. The number of hydrogen-bond acceptors (Lipinski definition) is 4. The molecule has 4 aromatic rings. The third-order valence-corrected chi connectivity index (χ3v) is 5.18. The van der Waals surface area contributed by atoms with Gasteiger partial charge in [-0.2, -0.15) is 13.2 Å². The fraction of sp³-hybridized carbons (Fsp3) is 0.192. The van der Waals surface area contributed by atoms with E-state index in [0.29, 0.717) is 5.56 Å². The molecule has 0 saturated carbocycles. The first-order valence-corrected chi connectivity index (χ1v) is 10.5. The lowest BCUT2D eigenvalue weighted by atomic mass is 10.0. The van der Waals surface area contributed by atoms with Gasteiger partial charge >= 0.3 is 6.18 Å². The Hall–Kier alpha value is -3.81. The molecule has 1 aromatic heterocycles. The maximum absolute atomic E-state index is 13.8. The smallest absolute Gasteiger partial charge is 0.453 e. The van der Waals surface area contributed by atoms with Crippen LogP contribution in [0.15, 0.2) is 75.9 Å². The van der Waals surface area contributed by atoms with Gasteiger partial charge < -0.3 is 13.9 Å². The Kier molecular flexibility index (Phi) is 6.32. The maximum Gasteiger partial charge on any atom is 0.453 e. The van der Waals surface area contributed by atoms with E-state index in [0.717, 1.165) is 0 Å². The first-order chi connectivity index (χ1) is 16.1. The van der Waals surface area contributed by atoms with Gasteiger partial charge in [0.2, 0.25) is 11.2 Å². The molecule has 176 valence electrons. The summed E-state index contributed by atoms with van der Waals surface area (Å²) in [4.78, 5) is 13.0. The number of rotatable bonds is 6. The molecule has 0 amide bonds. The van der Waals surface area contributed by atoms with E-state index in [4.69, 9.17) is 13.9 Å². The third kappa shape index (κ3) is 4.76. The number of benzene rings is 3. The fourth-order valence-corrected chi connectivity index (χ4v) is 3.46. The Labute approximate surface area is 192 Å². The second kappa shape index (κ2) is 9.21. The van der Waals surface area contributed by atoms with Crippen LogP contribution in [0.3, 0.4) is 0 Å². The lowest BCUT2D eigenvalue weighted by Gasteiger charge is -2.16. The quantitative estimate of drug-likeness (QED) is 0.274. The summed E-state index contributed by atoms with van der Waals surface area (Å²) in [6.45, 7) is 3.57. The minimum absolute atomic E-state index is 0.0489. The molecule has 0 atom stereocenters. The van der Waals surface area contributed by atoms with Crippen LogP contribution in [0.25, 0.3) is 11.0 Å². The molecular weight excluding hydrogens is 452 g/mol. The zero-order chi connectivity index (χ0) is 24.5. The minimum Gasteiger partial charge on any atom is -0.489 e. The van der Waals surface area contributed by atoms with Gasteiger partial charge in [0.1, 0.15) is 29.5 Å². The van der Waals surface area contributed by atoms with Gasteiger partial charge in [0.15, 0.2) is 0 Å². The zero-order valence-corrected chi connectivity index (χ0v) is 18.3. The van der Waals surface area contributed by atoms with Crippen molar-refractivity contribution in [1.82, 2.24) is 0 Å². The van der Waals surface area contributed by atoms with Crippen LogP contribution in [0.2, 0.25) is 0 Å². The van der Waals surface area contributed by atoms with Crippen molar-refractivity contribution in [2.75, 3.05) is 0 Å². The minimum atomic E-state index is -4.99. The predicted octanol–water partition coefficient (Wildman–Crippen LogP) is 7.45. The normalized spacial score (nSPS) is 11.7. The van der Waals surface area contributed by atoms with Crippen molar-refractivity contribution in [3.63, 3.8) is 0 Å². The van der Waals surface area contributed by atoms with Crippen molar-refractivity contribution in [2.24, 2.45) is 0 Å². The second-order valence-electron chi connectivity index (χ2n) is 7.92. The van der Waals surface area contributed by atoms with Crippen LogP contribution >= 0.6 is 0 Å². The van der Waals surface area contributed by atoms with Gasteiger partial charge in [0.05, 0.1) is 5.39 Å². The summed E-state index contributed by atoms with van der Waals surface area (Å²) in [7, 11) is 0. The largest absolute Gasteiger partial charge is 0.489 e. The molecule has 1 heterocycles.